The molecule has 0 spiro atoms. The average molecular weight is 378 g/mol. The van der Waals surface area contributed by atoms with Gasteiger partial charge < -0.3 is 4.74 Å². The van der Waals surface area contributed by atoms with Gasteiger partial charge in [-0.05, 0) is 25.5 Å². The van der Waals surface area contributed by atoms with Gasteiger partial charge in [-0.1, -0.05) is 34.5 Å². The predicted molar refractivity (Wildman–Crippen MR) is 79.9 cm³/mol. The van der Waals surface area contributed by atoms with Gasteiger partial charge in [-0.3, -0.25) is 0 Å². The lowest BCUT2D eigenvalue weighted by atomic mass is 10.3. The SMILES string of the molecule is CCCc1nc(Cl)c(C)c(Oc2cc(Br)cc(F)c2F)n1. The molecule has 0 N–H and O–H groups in total. The number of hydrogen-bond acceptors (Lipinski definition) is 3. The van der Waals surface area contributed by atoms with Crippen LogP contribution in [0.2, 0.25) is 5.15 Å². The fourth-order valence-electron chi connectivity index (χ4n) is 1.66. The van der Waals surface area contributed by atoms with Gasteiger partial charge in [-0.25, -0.2) is 9.37 Å². The molecule has 3 nitrogen and oxygen atoms in total. The third-order valence-corrected chi connectivity index (χ3v) is 3.55. The Hall–Kier alpha value is -1.27. The van der Waals surface area contributed by atoms with Crippen molar-refractivity contribution >= 4 is 27.5 Å². The summed E-state index contributed by atoms with van der Waals surface area (Å²) in [5.41, 5.74) is 0.469. The largest absolute Gasteiger partial charge is 0.435 e. The molecule has 0 saturated heterocycles. The summed E-state index contributed by atoms with van der Waals surface area (Å²) < 4.78 is 32.9. The van der Waals surface area contributed by atoms with E-state index in [-0.39, 0.29) is 16.8 Å². The lowest BCUT2D eigenvalue weighted by molar-refractivity contribution is 0.400. The number of nitrogens with zero attached hydrogens (tertiary/aromatic N) is 2. The third kappa shape index (κ3) is 3.68. The maximum Gasteiger partial charge on any atom is 0.227 e. The molecule has 2 rings (SSSR count). The van der Waals surface area contributed by atoms with Crippen molar-refractivity contribution in [2.45, 2.75) is 26.7 Å². The van der Waals surface area contributed by atoms with Crippen molar-refractivity contribution in [1.29, 1.82) is 0 Å². The molecule has 0 atom stereocenters. The molecule has 0 aliphatic heterocycles. The molecule has 112 valence electrons. The summed E-state index contributed by atoms with van der Waals surface area (Å²) >= 11 is 9.10. The van der Waals surface area contributed by atoms with E-state index in [4.69, 9.17) is 16.3 Å². The molecule has 2 aromatic rings. The van der Waals surface area contributed by atoms with Crippen LogP contribution in [0, 0.1) is 18.6 Å². The number of ether oxygens (including phenoxy) is 1. The van der Waals surface area contributed by atoms with E-state index in [9.17, 15) is 8.78 Å². The van der Waals surface area contributed by atoms with Crippen LogP contribution in [-0.2, 0) is 6.42 Å². The Morgan fingerprint density at radius 1 is 1.29 bits per heavy atom. The second-order valence-electron chi connectivity index (χ2n) is 4.41. The maximum atomic E-state index is 13.8. The minimum Gasteiger partial charge on any atom is -0.435 e. The summed E-state index contributed by atoms with van der Waals surface area (Å²) in [6, 6.07) is 2.35. The standard InChI is InChI=1S/C14H12BrClF2N2O/c1-3-4-11-19-13(16)7(2)14(20-11)21-10-6-8(15)5-9(17)12(10)18/h5-6H,3-4H2,1-2H3. The number of halogens is 4. The van der Waals surface area contributed by atoms with Crippen molar-refractivity contribution < 1.29 is 13.5 Å². The van der Waals surface area contributed by atoms with E-state index in [1.807, 2.05) is 6.92 Å². The van der Waals surface area contributed by atoms with Gasteiger partial charge in [-0.2, -0.15) is 9.37 Å². The van der Waals surface area contributed by atoms with E-state index in [2.05, 4.69) is 25.9 Å². The van der Waals surface area contributed by atoms with Gasteiger partial charge in [0, 0.05) is 16.5 Å². The summed E-state index contributed by atoms with van der Waals surface area (Å²) in [6.45, 7) is 3.63. The van der Waals surface area contributed by atoms with Crippen LogP contribution in [0.3, 0.4) is 0 Å². The number of aromatic nitrogens is 2. The molecule has 0 fully saturated rings. The number of aryl methyl sites for hydroxylation is 1. The first-order chi connectivity index (χ1) is 9.92. The fourth-order valence-corrected chi connectivity index (χ4v) is 2.24. The first-order valence-corrected chi connectivity index (χ1v) is 7.44. The minimum atomic E-state index is -1.08. The smallest absolute Gasteiger partial charge is 0.227 e. The zero-order valence-corrected chi connectivity index (χ0v) is 13.7. The predicted octanol–water partition coefficient (Wildman–Crippen LogP) is 5.22. The molecule has 0 unspecified atom stereocenters. The van der Waals surface area contributed by atoms with Crippen LogP contribution in [0.5, 0.6) is 11.6 Å². The van der Waals surface area contributed by atoms with Crippen LogP contribution in [0.4, 0.5) is 8.78 Å². The highest BCUT2D eigenvalue weighted by atomic mass is 79.9. The molecule has 1 heterocycles. The van der Waals surface area contributed by atoms with E-state index >= 15 is 0 Å². The lowest BCUT2D eigenvalue weighted by Gasteiger charge is -2.11. The van der Waals surface area contributed by atoms with Crippen LogP contribution in [0.1, 0.15) is 24.7 Å². The Bertz CT molecular complexity index is 683. The Morgan fingerprint density at radius 3 is 2.67 bits per heavy atom. The van der Waals surface area contributed by atoms with Crippen molar-refractivity contribution in [3.63, 3.8) is 0 Å². The van der Waals surface area contributed by atoms with Crippen molar-refractivity contribution in [1.82, 2.24) is 9.97 Å². The van der Waals surface area contributed by atoms with Gasteiger partial charge in [0.25, 0.3) is 0 Å². The molecule has 7 heteroatoms. The lowest BCUT2D eigenvalue weighted by Crippen LogP contribution is -2.02. The summed E-state index contributed by atoms with van der Waals surface area (Å²) in [4.78, 5) is 8.32. The van der Waals surface area contributed by atoms with Crippen LogP contribution in [0.25, 0.3) is 0 Å². The zero-order chi connectivity index (χ0) is 15.6. The van der Waals surface area contributed by atoms with Crippen LogP contribution < -0.4 is 4.74 Å². The van der Waals surface area contributed by atoms with Gasteiger partial charge in [-0.15, -0.1) is 0 Å². The number of hydrogen-bond donors (Lipinski definition) is 0. The molecule has 0 aliphatic carbocycles. The van der Waals surface area contributed by atoms with E-state index < -0.39 is 11.6 Å². The van der Waals surface area contributed by atoms with Gasteiger partial charge in [0.05, 0.1) is 0 Å². The fraction of sp³-hybridized carbons (Fsp3) is 0.286. The van der Waals surface area contributed by atoms with Crippen LogP contribution in [0.15, 0.2) is 16.6 Å². The van der Waals surface area contributed by atoms with Gasteiger partial charge in [0.15, 0.2) is 11.6 Å². The normalized spacial score (nSPS) is 10.8. The third-order valence-electron chi connectivity index (χ3n) is 2.73. The van der Waals surface area contributed by atoms with Crippen molar-refractivity contribution in [2.24, 2.45) is 0 Å². The zero-order valence-electron chi connectivity index (χ0n) is 11.4. The molecular weight excluding hydrogens is 366 g/mol. The molecular formula is C14H12BrClF2N2O. The molecule has 0 amide bonds. The van der Waals surface area contributed by atoms with E-state index in [0.717, 1.165) is 12.5 Å². The molecule has 0 radical (unpaired) electrons. The first-order valence-electron chi connectivity index (χ1n) is 6.27. The molecule has 0 saturated carbocycles. The Balaban J connectivity index is 2.44. The van der Waals surface area contributed by atoms with E-state index in [0.29, 0.717) is 22.3 Å². The minimum absolute atomic E-state index is 0.120. The van der Waals surface area contributed by atoms with Gasteiger partial charge in [0.1, 0.15) is 11.0 Å². The molecule has 21 heavy (non-hydrogen) atoms. The highest BCUT2D eigenvalue weighted by Gasteiger charge is 2.16. The maximum absolute atomic E-state index is 13.8. The molecule has 1 aromatic heterocycles. The van der Waals surface area contributed by atoms with Crippen molar-refractivity contribution in [3.05, 3.63) is 44.8 Å². The number of rotatable bonds is 4. The van der Waals surface area contributed by atoms with Crippen LogP contribution >= 0.6 is 27.5 Å². The summed E-state index contributed by atoms with van der Waals surface area (Å²) in [7, 11) is 0. The Labute approximate surface area is 134 Å². The second-order valence-corrected chi connectivity index (χ2v) is 5.69. The Morgan fingerprint density at radius 2 is 2.00 bits per heavy atom. The summed E-state index contributed by atoms with van der Waals surface area (Å²) in [6.07, 6.45) is 1.45. The van der Waals surface area contributed by atoms with Crippen LogP contribution in [-0.4, -0.2) is 9.97 Å². The first kappa shape index (κ1) is 16.1. The highest BCUT2D eigenvalue weighted by Crippen LogP contribution is 2.32. The van der Waals surface area contributed by atoms with E-state index in [1.165, 1.54) is 6.07 Å². The highest BCUT2D eigenvalue weighted by molar-refractivity contribution is 9.10. The van der Waals surface area contributed by atoms with Gasteiger partial charge in [0.2, 0.25) is 11.7 Å². The summed E-state index contributed by atoms with van der Waals surface area (Å²) in [5.74, 6) is -1.73. The van der Waals surface area contributed by atoms with Crippen molar-refractivity contribution in [3.8, 4) is 11.6 Å². The monoisotopic (exact) mass is 376 g/mol. The molecule has 1 aromatic carbocycles. The quantitative estimate of drug-likeness (QED) is 0.541. The number of benzene rings is 1. The van der Waals surface area contributed by atoms with Gasteiger partial charge >= 0.3 is 0 Å². The molecule has 0 aliphatic rings. The Kier molecular flexibility index (Phi) is 5.11. The topological polar surface area (TPSA) is 35.0 Å². The summed E-state index contributed by atoms with van der Waals surface area (Å²) in [5, 5.41) is 0.235. The molecule has 0 bridgehead atoms. The average Bonchev–Trinajstić information content (AvgIpc) is 2.41. The van der Waals surface area contributed by atoms with E-state index in [1.54, 1.807) is 6.92 Å². The van der Waals surface area contributed by atoms with Crippen molar-refractivity contribution in [2.75, 3.05) is 0 Å². The second kappa shape index (κ2) is 6.66.